The Labute approximate surface area is 142 Å². The number of hydrogen-bond acceptors (Lipinski definition) is 5. The molecule has 0 bridgehead atoms. The van der Waals surface area contributed by atoms with E-state index in [4.69, 9.17) is 4.42 Å². The second-order valence-electron chi connectivity index (χ2n) is 5.25. The molecule has 1 amide bonds. The summed E-state index contributed by atoms with van der Waals surface area (Å²) in [6, 6.07) is 13.1. The molecule has 0 spiro atoms. The molecule has 0 saturated heterocycles. The molecule has 122 valence electrons. The van der Waals surface area contributed by atoms with Crippen LogP contribution >= 0.6 is 0 Å². The molecule has 4 rings (SSSR count). The van der Waals surface area contributed by atoms with E-state index in [0.29, 0.717) is 17.3 Å². The van der Waals surface area contributed by atoms with Crippen molar-refractivity contribution < 1.29 is 9.21 Å². The Balaban J connectivity index is 1.43. The lowest BCUT2D eigenvalue weighted by Crippen LogP contribution is -2.08. The number of nitrogens with one attached hydrogen (secondary N) is 1. The van der Waals surface area contributed by atoms with Crippen molar-refractivity contribution in [2.24, 2.45) is 0 Å². The number of aromatic nitrogens is 4. The van der Waals surface area contributed by atoms with Crippen molar-refractivity contribution in [1.82, 2.24) is 19.7 Å². The standard InChI is InChI=1S/C18H13N5O2/c24-18(8-6-15-9-13-3-1-2-4-16(13)25-15)22-14-5-7-17(20-10-14)23-12-19-11-21-23/h1-12H,(H,22,24). The number of nitrogens with zero attached hydrogens (tertiary/aromatic N) is 4. The summed E-state index contributed by atoms with van der Waals surface area (Å²) in [5.74, 6) is 0.972. The molecule has 0 atom stereocenters. The fourth-order valence-corrected chi connectivity index (χ4v) is 2.35. The highest BCUT2D eigenvalue weighted by atomic mass is 16.3. The molecule has 7 nitrogen and oxygen atoms in total. The Morgan fingerprint density at radius 2 is 2.12 bits per heavy atom. The van der Waals surface area contributed by atoms with E-state index in [9.17, 15) is 4.79 Å². The van der Waals surface area contributed by atoms with Crippen LogP contribution in [0.2, 0.25) is 0 Å². The van der Waals surface area contributed by atoms with Crippen molar-refractivity contribution in [2.45, 2.75) is 0 Å². The van der Waals surface area contributed by atoms with Crippen LogP contribution in [-0.2, 0) is 4.79 Å². The molecular weight excluding hydrogens is 318 g/mol. The summed E-state index contributed by atoms with van der Waals surface area (Å²) >= 11 is 0. The summed E-state index contributed by atoms with van der Waals surface area (Å²) in [6.45, 7) is 0. The summed E-state index contributed by atoms with van der Waals surface area (Å²) < 4.78 is 7.17. The summed E-state index contributed by atoms with van der Waals surface area (Å²) in [5, 5.41) is 7.73. The summed E-state index contributed by atoms with van der Waals surface area (Å²) in [7, 11) is 0. The average molecular weight is 331 g/mol. The third-order valence-corrected chi connectivity index (χ3v) is 3.51. The number of para-hydroxylation sites is 1. The zero-order valence-electron chi connectivity index (χ0n) is 13.0. The first-order valence-corrected chi connectivity index (χ1v) is 7.57. The highest BCUT2D eigenvalue weighted by molar-refractivity contribution is 6.01. The largest absolute Gasteiger partial charge is 0.457 e. The van der Waals surface area contributed by atoms with Gasteiger partial charge in [-0.15, -0.1) is 0 Å². The first-order valence-electron chi connectivity index (χ1n) is 7.57. The number of benzene rings is 1. The third-order valence-electron chi connectivity index (χ3n) is 3.51. The fourth-order valence-electron chi connectivity index (χ4n) is 2.35. The number of rotatable bonds is 4. The maximum absolute atomic E-state index is 12.0. The summed E-state index contributed by atoms with van der Waals surface area (Å²) in [6.07, 6.45) is 7.59. The van der Waals surface area contributed by atoms with Gasteiger partial charge in [0.25, 0.3) is 0 Å². The lowest BCUT2D eigenvalue weighted by atomic mass is 10.2. The van der Waals surface area contributed by atoms with Gasteiger partial charge in [0, 0.05) is 11.5 Å². The molecule has 0 saturated carbocycles. The topological polar surface area (TPSA) is 85.8 Å². The van der Waals surface area contributed by atoms with E-state index >= 15 is 0 Å². The van der Waals surface area contributed by atoms with Gasteiger partial charge >= 0.3 is 0 Å². The van der Waals surface area contributed by atoms with Crippen LogP contribution < -0.4 is 5.32 Å². The number of anilines is 1. The molecule has 3 aromatic heterocycles. The third kappa shape index (κ3) is 3.30. The Bertz CT molecular complexity index is 1000. The number of pyridine rings is 1. The lowest BCUT2D eigenvalue weighted by Gasteiger charge is -2.03. The van der Waals surface area contributed by atoms with Crippen molar-refractivity contribution in [1.29, 1.82) is 0 Å². The van der Waals surface area contributed by atoms with Crippen molar-refractivity contribution in [3.05, 3.63) is 73.2 Å². The molecule has 0 aliphatic heterocycles. The molecule has 0 aliphatic rings. The van der Waals surface area contributed by atoms with E-state index in [1.165, 1.54) is 17.1 Å². The number of fused-ring (bicyclic) bond motifs is 1. The minimum atomic E-state index is -0.268. The monoisotopic (exact) mass is 331 g/mol. The van der Waals surface area contributed by atoms with Gasteiger partial charge in [0.1, 0.15) is 24.0 Å². The van der Waals surface area contributed by atoms with Crippen LogP contribution in [0.3, 0.4) is 0 Å². The van der Waals surface area contributed by atoms with E-state index in [-0.39, 0.29) is 5.91 Å². The zero-order chi connectivity index (χ0) is 17.1. The van der Waals surface area contributed by atoms with E-state index in [1.54, 1.807) is 30.7 Å². The quantitative estimate of drug-likeness (QED) is 0.581. The van der Waals surface area contributed by atoms with Crippen molar-refractivity contribution >= 4 is 28.6 Å². The smallest absolute Gasteiger partial charge is 0.248 e. The second-order valence-corrected chi connectivity index (χ2v) is 5.25. The van der Waals surface area contributed by atoms with Gasteiger partial charge in [-0.1, -0.05) is 18.2 Å². The molecular formula is C18H13N5O2. The van der Waals surface area contributed by atoms with E-state index in [0.717, 1.165) is 11.0 Å². The highest BCUT2D eigenvalue weighted by Gasteiger charge is 2.03. The summed E-state index contributed by atoms with van der Waals surface area (Å²) in [5.41, 5.74) is 1.37. The van der Waals surface area contributed by atoms with Crippen LogP contribution in [0.15, 0.2) is 71.8 Å². The minimum Gasteiger partial charge on any atom is -0.457 e. The van der Waals surface area contributed by atoms with Gasteiger partial charge in [0.2, 0.25) is 5.91 Å². The van der Waals surface area contributed by atoms with Crippen molar-refractivity contribution in [2.75, 3.05) is 5.32 Å². The van der Waals surface area contributed by atoms with Crippen molar-refractivity contribution in [3.8, 4) is 5.82 Å². The molecule has 0 radical (unpaired) electrons. The number of carbonyl (C=O) groups excluding carboxylic acids is 1. The first kappa shape index (κ1) is 14.8. The van der Waals surface area contributed by atoms with Crippen LogP contribution in [0.4, 0.5) is 5.69 Å². The summed E-state index contributed by atoms with van der Waals surface area (Å²) in [4.78, 5) is 20.1. The molecule has 25 heavy (non-hydrogen) atoms. The van der Waals surface area contributed by atoms with Gasteiger partial charge in [0.15, 0.2) is 5.82 Å². The molecule has 4 aromatic rings. The molecule has 1 N–H and O–H groups in total. The Morgan fingerprint density at radius 1 is 1.20 bits per heavy atom. The normalized spacial score (nSPS) is 11.2. The van der Waals surface area contributed by atoms with Gasteiger partial charge in [-0.2, -0.15) is 5.10 Å². The van der Waals surface area contributed by atoms with Crippen molar-refractivity contribution in [3.63, 3.8) is 0 Å². The van der Waals surface area contributed by atoms with Crippen LogP contribution in [0.25, 0.3) is 22.9 Å². The molecule has 0 fully saturated rings. The van der Waals surface area contributed by atoms with Crippen LogP contribution in [-0.4, -0.2) is 25.7 Å². The second kappa shape index (κ2) is 6.40. The lowest BCUT2D eigenvalue weighted by molar-refractivity contribution is -0.111. The molecule has 7 heteroatoms. The predicted molar refractivity (Wildman–Crippen MR) is 93.0 cm³/mol. The number of furan rings is 1. The molecule has 3 heterocycles. The van der Waals surface area contributed by atoms with Gasteiger partial charge in [-0.05, 0) is 30.3 Å². The minimum absolute atomic E-state index is 0.268. The van der Waals surface area contributed by atoms with Crippen LogP contribution in [0, 0.1) is 0 Å². The maximum Gasteiger partial charge on any atom is 0.248 e. The van der Waals surface area contributed by atoms with Gasteiger partial charge in [0.05, 0.1) is 11.9 Å². The first-order chi connectivity index (χ1) is 12.3. The van der Waals surface area contributed by atoms with Crippen LogP contribution in [0.5, 0.6) is 0 Å². The van der Waals surface area contributed by atoms with E-state index in [2.05, 4.69) is 20.4 Å². The predicted octanol–water partition coefficient (Wildman–Crippen LogP) is 3.06. The van der Waals surface area contributed by atoms with Gasteiger partial charge < -0.3 is 9.73 Å². The molecule has 1 aromatic carbocycles. The fraction of sp³-hybridized carbons (Fsp3) is 0. The Kier molecular flexibility index (Phi) is 3.80. The zero-order valence-corrected chi connectivity index (χ0v) is 13.0. The van der Waals surface area contributed by atoms with E-state index < -0.39 is 0 Å². The van der Waals surface area contributed by atoms with Gasteiger partial charge in [-0.3, -0.25) is 4.79 Å². The van der Waals surface area contributed by atoms with E-state index in [1.807, 2.05) is 30.3 Å². The number of amides is 1. The Morgan fingerprint density at radius 3 is 2.88 bits per heavy atom. The van der Waals surface area contributed by atoms with Gasteiger partial charge in [-0.25, -0.2) is 14.6 Å². The highest BCUT2D eigenvalue weighted by Crippen LogP contribution is 2.19. The molecule has 0 aliphatic carbocycles. The molecule has 0 unspecified atom stereocenters. The number of hydrogen-bond donors (Lipinski definition) is 1. The van der Waals surface area contributed by atoms with Crippen LogP contribution in [0.1, 0.15) is 5.76 Å². The Hall–Kier alpha value is -3.74. The average Bonchev–Trinajstić information content (AvgIpc) is 3.30. The maximum atomic E-state index is 12.0. The SMILES string of the molecule is O=C(C=Cc1cc2ccccc2o1)Nc1ccc(-n2cncn2)nc1. The number of carbonyl (C=O) groups is 1.